The fourth-order valence-corrected chi connectivity index (χ4v) is 4.48. The molecule has 1 fully saturated rings. The van der Waals surface area contributed by atoms with Crippen LogP contribution in [0.2, 0.25) is 0 Å². The Balaban J connectivity index is 1.24. The van der Waals surface area contributed by atoms with Gasteiger partial charge in [-0.1, -0.05) is 18.2 Å². The Morgan fingerprint density at radius 3 is 2.84 bits per heavy atom. The number of aromatic nitrogens is 2. The van der Waals surface area contributed by atoms with Crippen LogP contribution in [0.1, 0.15) is 29.6 Å². The van der Waals surface area contributed by atoms with E-state index in [0.717, 1.165) is 47.0 Å². The fraction of sp³-hybridized carbons (Fsp3) is 0.360. The highest BCUT2D eigenvalue weighted by molar-refractivity contribution is 5.94. The zero-order valence-electron chi connectivity index (χ0n) is 18.3. The lowest BCUT2D eigenvalue weighted by atomic mass is 10.1. The Morgan fingerprint density at radius 2 is 2.03 bits per heavy atom. The molecule has 3 aromatic rings. The van der Waals surface area contributed by atoms with Crippen molar-refractivity contribution < 1.29 is 14.3 Å². The summed E-state index contributed by atoms with van der Waals surface area (Å²) in [5, 5.41) is 10.6. The average Bonchev–Trinajstić information content (AvgIpc) is 3.48. The van der Waals surface area contributed by atoms with Gasteiger partial charge >= 0.3 is 0 Å². The van der Waals surface area contributed by atoms with E-state index < -0.39 is 0 Å². The maximum Gasteiger partial charge on any atom is 0.251 e. The van der Waals surface area contributed by atoms with Crippen molar-refractivity contribution in [3.8, 4) is 34.0 Å². The first-order chi connectivity index (χ1) is 15.7. The molecule has 1 aromatic heterocycles. The molecule has 5 rings (SSSR count). The Morgan fingerprint density at radius 1 is 1.19 bits per heavy atom. The zero-order valence-corrected chi connectivity index (χ0v) is 18.3. The molecule has 1 saturated heterocycles. The van der Waals surface area contributed by atoms with Crippen molar-refractivity contribution in [1.82, 2.24) is 20.4 Å². The Bertz CT molecular complexity index is 1090. The number of hydrogen-bond donors (Lipinski definition) is 2. The van der Waals surface area contributed by atoms with Crippen LogP contribution in [0.5, 0.6) is 11.5 Å². The Kier molecular flexibility index (Phi) is 5.81. The van der Waals surface area contributed by atoms with Crippen molar-refractivity contribution in [2.24, 2.45) is 0 Å². The zero-order chi connectivity index (χ0) is 21.9. The second kappa shape index (κ2) is 9.04. The molecule has 3 heterocycles. The molecule has 166 valence electrons. The van der Waals surface area contributed by atoms with Crippen molar-refractivity contribution in [1.29, 1.82) is 0 Å². The van der Waals surface area contributed by atoms with Gasteiger partial charge in [0.25, 0.3) is 5.91 Å². The number of H-pyrrole nitrogens is 1. The van der Waals surface area contributed by atoms with E-state index in [1.807, 2.05) is 48.5 Å². The molecule has 1 unspecified atom stereocenters. The molecule has 7 heteroatoms. The lowest BCUT2D eigenvalue weighted by molar-refractivity contribution is 0.0950. The van der Waals surface area contributed by atoms with Gasteiger partial charge in [0, 0.05) is 29.3 Å². The van der Waals surface area contributed by atoms with Crippen LogP contribution >= 0.6 is 0 Å². The summed E-state index contributed by atoms with van der Waals surface area (Å²) in [4.78, 5) is 14.9. The summed E-state index contributed by atoms with van der Waals surface area (Å²) in [7, 11) is 2.16. The molecule has 1 amide bonds. The number of nitrogens with one attached hydrogen (secondary N) is 2. The first-order valence-electron chi connectivity index (χ1n) is 11.2. The van der Waals surface area contributed by atoms with Crippen LogP contribution < -0.4 is 14.8 Å². The average molecular weight is 433 g/mol. The van der Waals surface area contributed by atoms with Crippen LogP contribution in [0.4, 0.5) is 0 Å². The molecule has 1 atom stereocenters. The number of amides is 1. The predicted octanol–water partition coefficient (Wildman–Crippen LogP) is 3.73. The molecule has 2 aliphatic heterocycles. The summed E-state index contributed by atoms with van der Waals surface area (Å²) < 4.78 is 11.5. The second-order valence-corrected chi connectivity index (χ2v) is 8.40. The van der Waals surface area contributed by atoms with E-state index in [-0.39, 0.29) is 5.91 Å². The largest absolute Gasteiger partial charge is 0.486 e. The van der Waals surface area contributed by atoms with Crippen LogP contribution in [0.3, 0.4) is 0 Å². The topological polar surface area (TPSA) is 79.5 Å². The summed E-state index contributed by atoms with van der Waals surface area (Å²) in [6, 6.07) is 16.0. The molecule has 2 N–H and O–H groups in total. The molecule has 0 bridgehead atoms. The van der Waals surface area contributed by atoms with Crippen LogP contribution in [0.15, 0.2) is 48.5 Å². The molecular weight excluding hydrogens is 404 g/mol. The minimum Gasteiger partial charge on any atom is -0.486 e. The molecule has 0 spiro atoms. The van der Waals surface area contributed by atoms with Gasteiger partial charge in [-0.25, -0.2) is 0 Å². The summed E-state index contributed by atoms with van der Waals surface area (Å²) in [6.07, 6.45) is 3.46. The number of hydrogen-bond acceptors (Lipinski definition) is 5. The minimum atomic E-state index is -0.0343. The first kappa shape index (κ1) is 20.6. The van der Waals surface area contributed by atoms with Crippen molar-refractivity contribution in [3.05, 3.63) is 54.1 Å². The van der Waals surface area contributed by atoms with Crippen LogP contribution in [0.25, 0.3) is 22.5 Å². The summed E-state index contributed by atoms with van der Waals surface area (Å²) in [5.41, 5.74) is 4.20. The number of benzene rings is 2. The van der Waals surface area contributed by atoms with Crippen LogP contribution in [0, 0.1) is 0 Å². The van der Waals surface area contributed by atoms with Gasteiger partial charge in [-0.15, -0.1) is 0 Å². The highest BCUT2D eigenvalue weighted by Crippen LogP contribution is 2.39. The van der Waals surface area contributed by atoms with Crippen LogP contribution in [-0.4, -0.2) is 60.4 Å². The van der Waals surface area contributed by atoms with E-state index in [1.54, 1.807) is 0 Å². The smallest absolute Gasteiger partial charge is 0.251 e. The minimum absolute atomic E-state index is 0.0343. The van der Waals surface area contributed by atoms with E-state index >= 15 is 0 Å². The molecule has 0 saturated carbocycles. The van der Waals surface area contributed by atoms with Gasteiger partial charge in [0.1, 0.15) is 13.2 Å². The molecule has 2 aromatic carbocycles. The standard InChI is InChI=1S/C25H28N4O3/c1-29-13-3-4-19(29)11-12-26-25(30)18-9-7-17(8-10-18)21-16-22(28-27-21)20-5-2-6-23-24(20)32-15-14-31-23/h2,5-10,16,19H,3-4,11-15H2,1H3,(H,26,30)(H,27,28). The predicted molar refractivity (Wildman–Crippen MR) is 123 cm³/mol. The maximum atomic E-state index is 12.5. The van der Waals surface area contributed by atoms with Gasteiger partial charge in [0.05, 0.1) is 11.4 Å². The lowest BCUT2D eigenvalue weighted by Crippen LogP contribution is -2.31. The summed E-state index contributed by atoms with van der Waals surface area (Å²) >= 11 is 0. The van der Waals surface area contributed by atoms with E-state index in [2.05, 4.69) is 27.5 Å². The number of nitrogens with zero attached hydrogens (tertiary/aromatic N) is 2. The number of carbonyl (C=O) groups excluding carboxylic acids is 1. The third-order valence-corrected chi connectivity index (χ3v) is 6.31. The van der Waals surface area contributed by atoms with Gasteiger partial charge in [-0.05, 0) is 63.2 Å². The molecule has 32 heavy (non-hydrogen) atoms. The number of carbonyl (C=O) groups is 1. The fourth-order valence-electron chi connectivity index (χ4n) is 4.48. The molecule has 2 aliphatic rings. The van der Waals surface area contributed by atoms with Crippen molar-refractivity contribution in [2.45, 2.75) is 25.3 Å². The molecule has 0 radical (unpaired) electrons. The van der Waals surface area contributed by atoms with Crippen LogP contribution in [-0.2, 0) is 0 Å². The van der Waals surface area contributed by atoms with Gasteiger partial charge < -0.3 is 19.7 Å². The van der Waals surface area contributed by atoms with Gasteiger partial charge in [-0.3, -0.25) is 9.89 Å². The van der Waals surface area contributed by atoms with Gasteiger partial charge in [-0.2, -0.15) is 5.10 Å². The SMILES string of the molecule is CN1CCCC1CCNC(=O)c1ccc(-c2cc(-c3cccc4c3OCCO4)[nH]n2)cc1. The summed E-state index contributed by atoms with van der Waals surface area (Å²) in [6.45, 7) is 2.95. The number of rotatable bonds is 6. The van der Waals surface area contributed by atoms with E-state index in [4.69, 9.17) is 9.47 Å². The van der Waals surface area contributed by atoms with E-state index in [0.29, 0.717) is 31.4 Å². The van der Waals surface area contributed by atoms with E-state index in [1.165, 1.54) is 12.8 Å². The highest BCUT2D eigenvalue weighted by atomic mass is 16.6. The maximum absolute atomic E-state index is 12.5. The number of aromatic amines is 1. The summed E-state index contributed by atoms with van der Waals surface area (Å²) in [5.74, 6) is 1.46. The molecule has 0 aliphatic carbocycles. The second-order valence-electron chi connectivity index (χ2n) is 8.40. The van der Waals surface area contributed by atoms with E-state index in [9.17, 15) is 4.79 Å². The van der Waals surface area contributed by atoms with Crippen molar-refractivity contribution >= 4 is 5.91 Å². The monoisotopic (exact) mass is 432 g/mol. The number of fused-ring (bicyclic) bond motifs is 1. The van der Waals surface area contributed by atoms with Crippen molar-refractivity contribution in [2.75, 3.05) is 33.4 Å². The Hall–Kier alpha value is -3.32. The normalized spacial score (nSPS) is 18.0. The third kappa shape index (κ3) is 4.21. The van der Waals surface area contributed by atoms with Gasteiger partial charge in [0.15, 0.2) is 11.5 Å². The molecular formula is C25H28N4O3. The third-order valence-electron chi connectivity index (χ3n) is 6.31. The molecule has 7 nitrogen and oxygen atoms in total. The lowest BCUT2D eigenvalue weighted by Gasteiger charge is -2.20. The first-order valence-corrected chi connectivity index (χ1v) is 11.2. The highest BCUT2D eigenvalue weighted by Gasteiger charge is 2.21. The Labute approximate surface area is 187 Å². The van der Waals surface area contributed by atoms with Gasteiger partial charge in [0.2, 0.25) is 0 Å². The van der Waals surface area contributed by atoms with Crippen molar-refractivity contribution in [3.63, 3.8) is 0 Å². The number of ether oxygens (including phenoxy) is 2. The number of para-hydroxylation sites is 1. The number of likely N-dealkylation sites (tertiary alicyclic amines) is 1. The quantitative estimate of drug-likeness (QED) is 0.621.